The molecule has 0 radical (unpaired) electrons. The molecule has 0 aliphatic carbocycles. The second-order valence-corrected chi connectivity index (χ2v) is 7.26. The Morgan fingerprint density at radius 2 is 1.81 bits per heavy atom. The lowest BCUT2D eigenvalue weighted by Gasteiger charge is -2.39. The molecule has 2 heteroatoms. The summed E-state index contributed by atoms with van der Waals surface area (Å²) >= 11 is 0. The van der Waals surface area contributed by atoms with Gasteiger partial charge >= 0.3 is 0 Å². The smallest absolute Gasteiger partial charge is 0.0667 e. The van der Waals surface area contributed by atoms with Gasteiger partial charge in [0.05, 0.1) is 17.3 Å². The number of rotatable bonds is 3. The summed E-state index contributed by atoms with van der Waals surface area (Å²) in [5.74, 6) is 0.490. The van der Waals surface area contributed by atoms with Crippen LogP contribution in [0.5, 0.6) is 0 Å². The summed E-state index contributed by atoms with van der Waals surface area (Å²) in [7, 11) is 0. The molecule has 2 atom stereocenters. The Kier molecular flexibility index (Phi) is 3.49. The van der Waals surface area contributed by atoms with Gasteiger partial charge in [0.25, 0.3) is 0 Å². The molecule has 0 amide bonds. The van der Waals surface area contributed by atoms with E-state index in [9.17, 15) is 5.11 Å². The molecule has 1 fully saturated rings. The van der Waals surface area contributed by atoms with Crippen molar-refractivity contribution in [2.75, 3.05) is 0 Å². The van der Waals surface area contributed by atoms with Crippen LogP contribution in [0.2, 0.25) is 0 Å². The van der Waals surface area contributed by atoms with E-state index in [1.165, 1.54) is 0 Å². The van der Waals surface area contributed by atoms with Crippen LogP contribution in [0.25, 0.3) is 0 Å². The van der Waals surface area contributed by atoms with Crippen LogP contribution in [-0.4, -0.2) is 22.4 Å². The summed E-state index contributed by atoms with van der Waals surface area (Å²) in [5.41, 5.74) is -0.0164. The summed E-state index contributed by atoms with van der Waals surface area (Å²) in [4.78, 5) is 0. The second-order valence-electron chi connectivity index (χ2n) is 7.26. The normalized spacial score (nSPS) is 30.4. The number of aliphatic hydroxyl groups excluding tert-OH is 1. The highest BCUT2D eigenvalue weighted by molar-refractivity contribution is 5.00. The lowest BCUT2D eigenvalue weighted by Crippen LogP contribution is -2.39. The molecule has 1 aliphatic rings. The Morgan fingerprint density at radius 3 is 2.12 bits per heavy atom. The Balaban J connectivity index is 2.87. The van der Waals surface area contributed by atoms with E-state index in [4.69, 9.17) is 4.74 Å². The number of ether oxygens (including phenoxy) is 1. The van der Waals surface area contributed by atoms with Crippen LogP contribution in [0.15, 0.2) is 0 Å². The topological polar surface area (TPSA) is 29.5 Å². The standard InChI is InChI=1S/C14H28O2/c1-10(15)8-12(2,3)11-9-13(4,5)16-14(11,6)7/h10-11,15H,8-9H2,1-7H3. The maximum Gasteiger partial charge on any atom is 0.0667 e. The zero-order chi connectivity index (χ0) is 12.8. The van der Waals surface area contributed by atoms with Crippen LogP contribution in [-0.2, 0) is 4.74 Å². The van der Waals surface area contributed by atoms with Crippen molar-refractivity contribution in [1.29, 1.82) is 0 Å². The molecule has 0 aromatic heterocycles. The van der Waals surface area contributed by atoms with E-state index in [-0.39, 0.29) is 22.7 Å². The third-order valence-electron chi connectivity index (χ3n) is 3.84. The lowest BCUT2D eigenvalue weighted by atomic mass is 9.66. The molecule has 1 aliphatic heterocycles. The van der Waals surface area contributed by atoms with Gasteiger partial charge in [-0.25, -0.2) is 0 Å². The first-order valence-electron chi connectivity index (χ1n) is 6.34. The zero-order valence-corrected chi connectivity index (χ0v) is 11.9. The molecular formula is C14H28O2. The minimum Gasteiger partial charge on any atom is -0.393 e. The van der Waals surface area contributed by atoms with Gasteiger partial charge in [0.2, 0.25) is 0 Å². The van der Waals surface area contributed by atoms with E-state index in [1.54, 1.807) is 0 Å². The Labute approximate surface area is 100 Å². The molecule has 96 valence electrons. The fourth-order valence-corrected chi connectivity index (χ4v) is 3.68. The van der Waals surface area contributed by atoms with Gasteiger partial charge in [0, 0.05) is 0 Å². The van der Waals surface area contributed by atoms with E-state index < -0.39 is 0 Å². The van der Waals surface area contributed by atoms with Crippen molar-refractivity contribution in [2.45, 2.75) is 78.6 Å². The quantitative estimate of drug-likeness (QED) is 0.802. The minimum atomic E-state index is -0.241. The SMILES string of the molecule is CC(O)CC(C)(C)C1CC(C)(C)OC1(C)C. The van der Waals surface area contributed by atoms with E-state index in [1.807, 2.05) is 6.92 Å². The summed E-state index contributed by atoms with van der Waals surface area (Å²) in [6, 6.07) is 0. The first-order chi connectivity index (χ1) is 6.96. The van der Waals surface area contributed by atoms with E-state index >= 15 is 0 Å². The van der Waals surface area contributed by atoms with E-state index in [0.717, 1.165) is 12.8 Å². The van der Waals surface area contributed by atoms with Gasteiger partial charge in [-0.1, -0.05) is 13.8 Å². The maximum atomic E-state index is 9.61. The molecular weight excluding hydrogens is 200 g/mol. The van der Waals surface area contributed by atoms with Crippen LogP contribution in [0.1, 0.15) is 61.3 Å². The molecule has 1 N–H and O–H groups in total. The molecule has 1 saturated heterocycles. The van der Waals surface area contributed by atoms with Crippen LogP contribution in [0.3, 0.4) is 0 Å². The Morgan fingerprint density at radius 1 is 1.31 bits per heavy atom. The van der Waals surface area contributed by atoms with Crippen LogP contribution >= 0.6 is 0 Å². The molecule has 1 heterocycles. The molecule has 0 aromatic carbocycles. The van der Waals surface area contributed by atoms with Crippen LogP contribution in [0.4, 0.5) is 0 Å². The fraction of sp³-hybridized carbons (Fsp3) is 1.00. The molecule has 16 heavy (non-hydrogen) atoms. The molecule has 0 bridgehead atoms. The van der Waals surface area contributed by atoms with Gasteiger partial charge < -0.3 is 9.84 Å². The average molecular weight is 228 g/mol. The van der Waals surface area contributed by atoms with Gasteiger partial charge in [-0.05, 0) is 58.8 Å². The van der Waals surface area contributed by atoms with Crippen molar-refractivity contribution < 1.29 is 9.84 Å². The third-order valence-corrected chi connectivity index (χ3v) is 3.84. The van der Waals surface area contributed by atoms with Crippen LogP contribution < -0.4 is 0 Å². The summed E-state index contributed by atoms with van der Waals surface area (Å²) in [5, 5.41) is 9.61. The van der Waals surface area contributed by atoms with Crippen molar-refractivity contribution in [3.05, 3.63) is 0 Å². The number of hydrogen-bond acceptors (Lipinski definition) is 2. The molecule has 0 spiro atoms. The average Bonchev–Trinajstić information content (AvgIpc) is 2.16. The second kappa shape index (κ2) is 3.99. The zero-order valence-electron chi connectivity index (χ0n) is 11.9. The number of hydrogen-bond donors (Lipinski definition) is 1. The Bertz CT molecular complexity index is 251. The highest BCUT2D eigenvalue weighted by atomic mass is 16.5. The van der Waals surface area contributed by atoms with Crippen LogP contribution in [0, 0.1) is 11.3 Å². The van der Waals surface area contributed by atoms with Crippen molar-refractivity contribution >= 4 is 0 Å². The highest BCUT2D eigenvalue weighted by Gasteiger charge is 2.51. The molecule has 2 unspecified atom stereocenters. The fourth-order valence-electron chi connectivity index (χ4n) is 3.68. The van der Waals surface area contributed by atoms with Gasteiger partial charge in [0.15, 0.2) is 0 Å². The number of aliphatic hydroxyl groups is 1. The van der Waals surface area contributed by atoms with Crippen molar-refractivity contribution in [1.82, 2.24) is 0 Å². The summed E-state index contributed by atoms with van der Waals surface area (Å²) in [6.07, 6.45) is 1.66. The van der Waals surface area contributed by atoms with Gasteiger partial charge in [-0.15, -0.1) is 0 Å². The molecule has 1 rings (SSSR count). The predicted molar refractivity (Wildman–Crippen MR) is 67.4 cm³/mol. The van der Waals surface area contributed by atoms with Crippen molar-refractivity contribution in [3.8, 4) is 0 Å². The molecule has 2 nitrogen and oxygen atoms in total. The molecule has 0 saturated carbocycles. The maximum absolute atomic E-state index is 9.61. The first-order valence-corrected chi connectivity index (χ1v) is 6.34. The highest BCUT2D eigenvalue weighted by Crippen LogP contribution is 2.51. The first kappa shape index (κ1) is 14.0. The lowest BCUT2D eigenvalue weighted by molar-refractivity contribution is -0.0897. The predicted octanol–water partition coefficient (Wildman–Crippen LogP) is 3.38. The van der Waals surface area contributed by atoms with Crippen molar-refractivity contribution in [2.24, 2.45) is 11.3 Å². The third kappa shape index (κ3) is 2.98. The van der Waals surface area contributed by atoms with E-state index in [2.05, 4.69) is 41.5 Å². The van der Waals surface area contributed by atoms with Crippen molar-refractivity contribution in [3.63, 3.8) is 0 Å². The van der Waals surface area contributed by atoms with Gasteiger partial charge in [-0.3, -0.25) is 0 Å². The Hall–Kier alpha value is -0.0800. The minimum absolute atomic E-state index is 0.0376. The largest absolute Gasteiger partial charge is 0.393 e. The van der Waals surface area contributed by atoms with Gasteiger partial charge in [-0.2, -0.15) is 0 Å². The summed E-state index contributed by atoms with van der Waals surface area (Å²) < 4.78 is 6.14. The monoisotopic (exact) mass is 228 g/mol. The summed E-state index contributed by atoms with van der Waals surface area (Å²) in [6.45, 7) is 15.0. The van der Waals surface area contributed by atoms with E-state index in [0.29, 0.717) is 5.92 Å². The van der Waals surface area contributed by atoms with Gasteiger partial charge in [0.1, 0.15) is 0 Å². The molecule has 0 aromatic rings.